The molecule has 0 aliphatic heterocycles. The Morgan fingerprint density at radius 3 is 2.14 bits per heavy atom. The molecule has 0 unspecified atom stereocenters. The monoisotopic (exact) mass is 606 g/mol. The fraction of sp³-hybridized carbons (Fsp3) is 0.375. The third-order valence-corrected chi connectivity index (χ3v) is 8.90. The molecular formula is C32H38N4O6S. The van der Waals surface area contributed by atoms with E-state index in [4.69, 9.17) is 0 Å². The van der Waals surface area contributed by atoms with E-state index in [1.165, 1.54) is 17.0 Å². The third-order valence-electron chi connectivity index (χ3n) is 7.77. The molecule has 3 aromatic rings. The molecule has 0 bridgehead atoms. The fourth-order valence-electron chi connectivity index (χ4n) is 5.45. The Balaban J connectivity index is 1.74. The predicted octanol–water partition coefficient (Wildman–Crippen LogP) is 4.76. The molecule has 10 nitrogen and oxygen atoms in total. The number of hydrogen-bond donors (Lipinski definition) is 1. The number of nitrogens with one attached hydrogen (secondary N) is 1. The number of nitro benzene ring substituents is 1. The fourth-order valence-corrected chi connectivity index (χ4v) is 6.35. The van der Waals surface area contributed by atoms with Gasteiger partial charge in [-0.2, -0.15) is 0 Å². The number of non-ortho nitro benzene ring substituents is 1. The summed E-state index contributed by atoms with van der Waals surface area (Å²) in [6.45, 7) is 1.07. The third kappa shape index (κ3) is 8.63. The van der Waals surface area contributed by atoms with Gasteiger partial charge >= 0.3 is 0 Å². The molecule has 0 saturated heterocycles. The minimum absolute atomic E-state index is 0.00763. The molecule has 1 saturated carbocycles. The van der Waals surface area contributed by atoms with Gasteiger partial charge in [-0.1, -0.05) is 86.0 Å². The van der Waals surface area contributed by atoms with Gasteiger partial charge in [0.05, 0.1) is 16.9 Å². The molecule has 1 aliphatic rings. The number of nitro groups is 1. The van der Waals surface area contributed by atoms with E-state index in [9.17, 15) is 28.1 Å². The van der Waals surface area contributed by atoms with Crippen molar-refractivity contribution >= 4 is 33.2 Å². The summed E-state index contributed by atoms with van der Waals surface area (Å²) < 4.78 is 27.0. The molecule has 0 radical (unpaired) electrons. The second-order valence-corrected chi connectivity index (χ2v) is 13.0. The van der Waals surface area contributed by atoms with Gasteiger partial charge in [-0.25, -0.2) is 8.42 Å². The van der Waals surface area contributed by atoms with Crippen LogP contribution < -0.4 is 9.62 Å². The molecule has 1 fully saturated rings. The van der Waals surface area contributed by atoms with Crippen molar-refractivity contribution in [2.45, 2.75) is 64.1 Å². The first-order chi connectivity index (χ1) is 20.5. The second kappa shape index (κ2) is 14.3. The highest BCUT2D eigenvalue weighted by Gasteiger charge is 2.34. The largest absolute Gasteiger partial charge is 0.352 e. The Hall–Kier alpha value is -4.25. The zero-order valence-electron chi connectivity index (χ0n) is 24.5. The molecule has 0 heterocycles. The predicted molar refractivity (Wildman–Crippen MR) is 166 cm³/mol. The molecule has 1 aliphatic carbocycles. The summed E-state index contributed by atoms with van der Waals surface area (Å²) in [5.41, 5.74) is 1.82. The van der Waals surface area contributed by atoms with Crippen LogP contribution in [0, 0.1) is 17.0 Å². The van der Waals surface area contributed by atoms with Crippen molar-refractivity contribution in [1.29, 1.82) is 0 Å². The van der Waals surface area contributed by atoms with Crippen LogP contribution in [-0.4, -0.2) is 54.9 Å². The van der Waals surface area contributed by atoms with E-state index >= 15 is 0 Å². The zero-order chi connectivity index (χ0) is 31.0. The van der Waals surface area contributed by atoms with Crippen LogP contribution in [0.2, 0.25) is 0 Å². The van der Waals surface area contributed by atoms with E-state index in [0.717, 1.165) is 59.9 Å². The van der Waals surface area contributed by atoms with Crippen LogP contribution in [-0.2, 0) is 32.6 Å². The van der Waals surface area contributed by atoms with E-state index in [2.05, 4.69) is 5.32 Å². The number of anilines is 1. The van der Waals surface area contributed by atoms with Crippen molar-refractivity contribution in [2.24, 2.45) is 0 Å². The topological polar surface area (TPSA) is 130 Å². The summed E-state index contributed by atoms with van der Waals surface area (Å²) in [7, 11) is -4.05. The van der Waals surface area contributed by atoms with Crippen molar-refractivity contribution in [3.8, 4) is 0 Å². The van der Waals surface area contributed by atoms with Gasteiger partial charge < -0.3 is 10.2 Å². The number of benzene rings is 3. The summed E-state index contributed by atoms with van der Waals surface area (Å²) in [5.74, 6) is -0.891. The SMILES string of the molecule is Cc1ccc([N+](=O)[O-])cc1N(CC(=O)N(Cc1ccccc1)[C@H](Cc1ccccc1)C(=O)NC1CCCCC1)S(C)(=O)=O. The van der Waals surface area contributed by atoms with Crippen molar-refractivity contribution in [1.82, 2.24) is 10.2 Å². The molecule has 0 aromatic heterocycles. The van der Waals surface area contributed by atoms with Gasteiger partial charge in [0.15, 0.2) is 0 Å². The molecule has 2 amide bonds. The molecular weight excluding hydrogens is 568 g/mol. The van der Waals surface area contributed by atoms with Crippen LogP contribution in [0.3, 0.4) is 0 Å². The highest BCUT2D eigenvalue weighted by Crippen LogP contribution is 2.28. The maximum atomic E-state index is 14.2. The van der Waals surface area contributed by atoms with Crippen LogP contribution in [0.5, 0.6) is 0 Å². The number of hydrogen-bond acceptors (Lipinski definition) is 6. The van der Waals surface area contributed by atoms with E-state index in [0.29, 0.717) is 5.56 Å². The van der Waals surface area contributed by atoms with Gasteiger partial charge in [0.2, 0.25) is 21.8 Å². The average Bonchev–Trinajstić information content (AvgIpc) is 2.99. The molecule has 11 heteroatoms. The number of aryl methyl sites for hydroxylation is 1. The number of carbonyl (C=O) groups is 2. The first kappa shape index (κ1) is 31.7. The van der Waals surface area contributed by atoms with Crippen LogP contribution in [0.25, 0.3) is 0 Å². The standard InChI is InChI=1S/C32H38N4O6S/c1-24-18-19-28(36(39)40)21-29(24)35(43(2,41)42)23-31(37)34(22-26-14-8-4-9-15-26)30(20-25-12-6-3-7-13-25)32(38)33-27-16-10-5-11-17-27/h3-4,6-9,12-15,18-19,21,27,30H,5,10-11,16-17,20,22-23H2,1-2H3,(H,33,38)/t30-/m1/s1. The quantitative estimate of drug-likeness (QED) is 0.234. The molecule has 4 rings (SSSR count). The van der Waals surface area contributed by atoms with Gasteiger partial charge in [0.25, 0.3) is 5.69 Å². The highest BCUT2D eigenvalue weighted by atomic mass is 32.2. The van der Waals surface area contributed by atoms with E-state index in [-0.39, 0.29) is 36.3 Å². The zero-order valence-corrected chi connectivity index (χ0v) is 25.3. The lowest BCUT2D eigenvalue weighted by Crippen LogP contribution is -2.55. The van der Waals surface area contributed by atoms with E-state index in [1.807, 2.05) is 60.7 Å². The second-order valence-electron chi connectivity index (χ2n) is 11.1. The molecule has 1 N–H and O–H groups in total. The lowest BCUT2D eigenvalue weighted by molar-refractivity contribution is -0.384. The van der Waals surface area contributed by atoms with Gasteiger partial charge in [-0.05, 0) is 36.5 Å². The summed E-state index contributed by atoms with van der Waals surface area (Å²) in [5, 5.41) is 14.7. The number of amides is 2. The maximum absolute atomic E-state index is 14.2. The first-order valence-electron chi connectivity index (χ1n) is 14.4. The Morgan fingerprint density at radius 1 is 0.953 bits per heavy atom. The van der Waals surface area contributed by atoms with Gasteiger partial charge in [-0.3, -0.25) is 24.0 Å². The van der Waals surface area contributed by atoms with Gasteiger partial charge in [0, 0.05) is 31.1 Å². The minimum Gasteiger partial charge on any atom is -0.352 e. The first-order valence-corrected chi connectivity index (χ1v) is 16.3. The number of carbonyl (C=O) groups excluding carboxylic acids is 2. The number of sulfonamides is 1. The highest BCUT2D eigenvalue weighted by molar-refractivity contribution is 7.92. The van der Waals surface area contributed by atoms with Crippen LogP contribution >= 0.6 is 0 Å². The van der Waals surface area contributed by atoms with E-state index < -0.39 is 33.4 Å². The average molecular weight is 607 g/mol. The van der Waals surface area contributed by atoms with Gasteiger partial charge in [-0.15, -0.1) is 0 Å². The minimum atomic E-state index is -4.05. The summed E-state index contributed by atoms with van der Waals surface area (Å²) >= 11 is 0. The lowest BCUT2D eigenvalue weighted by atomic mass is 9.94. The number of rotatable bonds is 12. The van der Waals surface area contributed by atoms with Crippen molar-refractivity contribution in [2.75, 3.05) is 17.1 Å². The Bertz CT molecular complexity index is 1530. The Labute approximate surface area is 252 Å². The molecule has 228 valence electrons. The number of nitrogens with zero attached hydrogens (tertiary/aromatic N) is 3. The Morgan fingerprint density at radius 2 is 1.56 bits per heavy atom. The summed E-state index contributed by atoms with van der Waals surface area (Å²) in [4.78, 5) is 40.5. The van der Waals surface area contributed by atoms with Crippen molar-refractivity contribution < 1.29 is 22.9 Å². The van der Waals surface area contributed by atoms with E-state index in [1.54, 1.807) is 6.92 Å². The molecule has 3 aromatic carbocycles. The summed E-state index contributed by atoms with van der Waals surface area (Å²) in [6.07, 6.45) is 6.08. The normalized spacial score (nSPS) is 14.5. The Kier molecular flexibility index (Phi) is 10.5. The molecule has 1 atom stereocenters. The molecule has 43 heavy (non-hydrogen) atoms. The van der Waals surface area contributed by atoms with Crippen molar-refractivity contribution in [3.05, 3.63) is 106 Å². The van der Waals surface area contributed by atoms with Crippen LogP contribution in [0.15, 0.2) is 78.9 Å². The van der Waals surface area contributed by atoms with Crippen molar-refractivity contribution in [3.63, 3.8) is 0 Å². The van der Waals surface area contributed by atoms with Crippen LogP contribution in [0.4, 0.5) is 11.4 Å². The summed E-state index contributed by atoms with van der Waals surface area (Å²) in [6, 6.07) is 21.6. The smallest absolute Gasteiger partial charge is 0.271 e. The van der Waals surface area contributed by atoms with Gasteiger partial charge in [0.1, 0.15) is 12.6 Å². The molecule has 0 spiro atoms. The van der Waals surface area contributed by atoms with Crippen LogP contribution in [0.1, 0.15) is 48.8 Å². The lowest BCUT2D eigenvalue weighted by Gasteiger charge is -2.35. The maximum Gasteiger partial charge on any atom is 0.271 e.